The summed E-state index contributed by atoms with van der Waals surface area (Å²) in [6.45, 7) is 4.08. The van der Waals surface area contributed by atoms with Crippen molar-refractivity contribution in [3.8, 4) is 0 Å². The van der Waals surface area contributed by atoms with E-state index in [0.717, 1.165) is 44.4 Å². The Labute approximate surface area is 129 Å². The molecule has 0 saturated carbocycles. The number of hydrogen-bond donors (Lipinski definition) is 1. The van der Waals surface area contributed by atoms with Gasteiger partial charge in [-0.1, -0.05) is 13.0 Å². The Morgan fingerprint density at radius 3 is 3.00 bits per heavy atom. The average molecular weight is 344 g/mol. The van der Waals surface area contributed by atoms with Crippen molar-refractivity contribution in [1.29, 1.82) is 0 Å². The minimum atomic E-state index is -0.203. The lowest BCUT2D eigenvalue weighted by Crippen LogP contribution is -2.35. The van der Waals surface area contributed by atoms with Gasteiger partial charge in [0.15, 0.2) is 0 Å². The van der Waals surface area contributed by atoms with Crippen molar-refractivity contribution in [2.75, 3.05) is 13.2 Å². The highest BCUT2D eigenvalue weighted by Crippen LogP contribution is 2.21. The van der Waals surface area contributed by atoms with Gasteiger partial charge >= 0.3 is 0 Å². The number of nitrogens with one attached hydrogen (secondary N) is 1. The van der Waals surface area contributed by atoms with Gasteiger partial charge < -0.3 is 10.1 Å². The molecule has 1 heterocycles. The summed E-state index contributed by atoms with van der Waals surface area (Å²) in [5.74, 6) is -0.203. The van der Waals surface area contributed by atoms with E-state index in [2.05, 4.69) is 28.2 Å². The van der Waals surface area contributed by atoms with Crippen LogP contribution in [0.2, 0.25) is 0 Å². The van der Waals surface area contributed by atoms with E-state index in [1.165, 1.54) is 12.5 Å². The van der Waals surface area contributed by atoms with Crippen molar-refractivity contribution in [1.82, 2.24) is 5.32 Å². The molecule has 1 saturated heterocycles. The number of hydrogen-bond acceptors (Lipinski definition) is 2. The van der Waals surface area contributed by atoms with Crippen LogP contribution in [-0.4, -0.2) is 25.3 Å². The number of halogens is 2. The first-order valence-corrected chi connectivity index (χ1v) is 8.27. The Morgan fingerprint density at radius 2 is 2.35 bits per heavy atom. The zero-order valence-electron chi connectivity index (χ0n) is 12.0. The molecular weight excluding hydrogens is 321 g/mol. The molecule has 1 aliphatic rings. The van der Waals surface area contributed by atoms with E-state index in [1.807, 2.05) is 12.1 Å². The van der Waals surface area contributed by atoms with E-state index in [-0.39, 0.29) is 5.82 Å². The molecule has 1 fully saturated rings. The summed E-state index contributed by atoms with van der Waals surface area (Å²) in [5.41, 5.74) is 1.16. The van der Waals surface area contributed by atoms with Crippen LogP contribution in [-0.2, 0) is 11.2 Å². The molecule has 2 atom stereocenters. The normalized spacial score (nSPS) is 20.2. The van der Waals surface area contributed by atoms with Crippen LogP contribution in [0, 0.1) is 5.82 Å². The van der Waals surface area contributed by atoms with Gasteiger partial charge in [0.25, 0.3) is 0 Å². The van der Waals surface area contributed by atoms with Crippen LogP contribution >= 0.6 is 15.9 Å². The minimum absolute atomic E-state index is 0.203. The molecule has 1 N–H and O–H groups in total. The SMILES string of the molecule is CCCNC(Cc1ccc(F)c(Br)c1)CC1CCCO1. The summed E-state index contributed by atoms with van der Waals surface area (Å²) in [5, 5.41) is 3.59. The average Bonchev–Trinajstić information content (AvgIpc) is 2.93. The molecule has 0 aromatic heterocycles. The first kappa shape index (κ1) is 15.9. The Balaban J connectivity index is 1.95. The topological polar surface area (TPSA) is 21.3 Å². The lowest BCUT2D eigenvalue weighted by Gasteiger charge is -2.22. The zero-order chi connectivity index (χ0) is 14.4. The van der Waals surface area contributed by atoms with Gasteiger partial charge in [-0.15, -0.1) is 0 Å². The minimum Gasteiger partial charge on any atom is -0.378 e. The number of benzene rings is 1. The molecule has 0 bridgehead atoms. The summed E-state index contributed by atoms with van der Waals surface area (Å²) in [6.07, 6.45) is 5.79. The van der Waals surface area contributed by atoms with Crippen LogP contribution in [0.1, 0.15) is 38.2 Å². The maximum Gasteiger partial charge on any atom is 0.137 e. The fourth-order valence-corrected chi connectivity index (χ4v) is 3.11. The standard InChI is InChI=1S/C16H23BrFNO/c1-2-7-19-13(11-14-4-3-8-20-14)9-12-5-6-16(18)15(17)10-12/h5-6,10,13-14,19H,2-4,7-9,11H2,1H3. The molecule has 112 valence electrons. The largest absolute Gasteiger partial charge is 0.378 e. The molecule has 1 aliphatic heterocycles. The molecule has 2 nitrogen and oxygen atoms in total. The van der Waals surface area contributed by atoms with Crippen LogP contribution < -0.4 is 5.32 Å². The lowest BCUT2D eigenvalue weighted by molar-refractivity contribution is 0.0946. The fraction of sp³-hybridized carbons (Fsp3) is 0.625. The van der Waals surface area contributed by atoms with Gasteiger partial charge in [-0.2, -0.15) is 0 Å². The van der Waals surface area contributed by atoms with Crippen molar-refractivity contribution < 1.29 is 9.13 Å². The monoisotopic (exact) mass is 343 g/mol. The van der Waals surface area contributed by atoms with E-state index in [1.54, 1.807) is 0 Å². The van der Waals surface area contributed by atoms with Gasteiger partial charge in [-0.3, -0.25) is 0 Å². The van der Waals surface area contributed by atoms with Gasteiger partial charge in [-0.25, -0.2) is 4.39 Å². The second-order valence-corrected chi connectivity index (χ2v) is 6.33. The van der Waals surface area contributed by atoms with E-state index < -0.39 is 0 Å². The molecule has 4 heteroatoms. The number of rotatable bonds is 7. The molecular formula is C16H23BrFNO. The van der Waals surface area contributed by atoms with Crippen LogP contribution in [0.25, 0.3) is 0 Å². The van der Waals surface area contributed by atoms with E-state index >= 15 is 0 Å². The van der Waals surface area contributed by atoms with Crippen molar-refractivity contribution in [3.63, 3.8) is 0 Å². The molecule has 0 amide bonds. The second-order valence-electron chi connectivity index (χ2n) is 5.47. The van der Waals surface area contributed by atoms with Crippen LogP contribution in [0.4, 0.5) is 4.39 Å². The quantitative estimate of drug-likeness (QED) is 0.805. The smallest absolute Gasteiger partial charge is 0.137 e. The predicted octanol–water partition coefficient (Wildman–Crippen LogP) is 4.07. The Kier molecular flexibility index (Phi) is 6.46. The molecule has 0 aliphatic carbocycles. The fourth-order valence-electron chi connectivity index (χ4n) is 2.69. The first-order valence-electron chi connectivity index (χ1n) is 7.48. The summed E-state index contributed by atoms with van der Waals surface area (Å²) < 4.78 is 19.6. The molecule has 0 radical (unpaired) electrons. The molecule has 2 rings (SSSR count). The molecule has 2 unspecified atom stereocenters. The highest BCUT2D eigenvalue weighted by atomic mass is 79.9. The summed E-state index contributed by atoms with van der Waals surface area (Å²) in [7, 11) is 0. The van der Waals surface area contributed by atoms with Gasteiger partial charge in [0, 0.05) is 12.6 Å². The van der Waals surface area contributed by atoms with E-state index in [4.69, 9.17) is 4.74 Å². The van der Waals surface area contributed by atoms with Crippen LogP contribution in [0.15, 0.2) is 22.7 Å². The van der Waals surface area contributed by atoms with Crippen molar-refractivity contribution in [3.05, 3.63) is 34.1 Å². The highest BCUT2D eigenvalue weighted by molar-refractivity contribution is 9.10. The molecule has 0 spiro atoms. The van der Waals surface area contributed by atoms with Crippen molar-refractivity contribution in [2.24, 2.45) is 0 Å². The van der Waals surface area contributed by atoms with Crippen molar-refractivity contribution in [2.45, 2.75) is 51.2 Å². The van der Waals surface area contributed by atoms with Gasteiger partial charge in [0.2, 0.25) is 0 Å². The van der Waals surface area contributed by atoms with Gasteiger partial charge in [-0.05, 0) is 72.3 Å². The maximum atomic E-state index is 13.3. The molecule has 20 heavy (non-hydrogen) atoms. The molecule has 1 aromatic carbocycles. The van der Waals surface area contributed by atoms with E-state index in [9.17, 15) is 4.39 Å². The third-order valence-corrected chi connectivity index (χ3v) is 4.33. The first-order chi connectivity index (χ1) is 9.69. The molecule has 1 aromatic rings. The van der Waals surface area contributed by atoms with E-state index in [0.29, 0.717) is 16.6 Å². The van der Waals surface area contributed by atoms with Gasteiger partial charge in [0.05, 0.1) is 10.6 Å². The summed E-state index contributed by atoms with van der Waals surface area (Å²) >= 11 is 3.26. The van der Waals surface area contributed by atoms with Crippen LogP contribution in [0.3, 0.4) is 0 Å². The number of ether oxygens (including phenoxy) is 1. The lowest BCUT2D eigenvalue weighted by atomic mass is 9.99. The third kappa shape index (κ3) is 4.83. The second kappa shape index (κ2) is 8.11. The Morgan fingerprint density at radius 1 is 1.50 bits per heavy atom. The highest BCUT2D eigenvalue weighted by Gasteiger charge is 2.20. The predicted molar refractivity (Wildman–Crippen MR) is 83.5 cm³/mol. The van der Waals surface area contributed by atoms with Crippen LogP contribution in [0.5, 0.6) is 0 Å². The Bertz CT molecular complexity index is 421. The summed E-state index contributed by atoms with van der Waals surface area (Å²) in [6, 6.07) is 5.68. The van der Waals surface area contributed by atoms with Crippen molar-refractivity contribution >= 4 is 15.9 Å². The summed E-state index contributed by atoms with van der Waals surface area (Å²) in [4.78, 5) is 0. The Hall–Kier alpha value is -0.450. The van der Waals surface area contributed by atoms with Gasteiger partial charge in [0.1, 0.15) is 5.82 Å². The third-order valence-electron chi connectivity index (χ3n) is 3.72. The zero-order valence-corrected chi connectivity index (χ0v) is 13.6. The maximum absolute atomic E-state index is 13.3.